The lowest BCUT2D eigenvalue weighted by Gasteiger charge is -2.13. The lowest BCUT2D eigenvalue weighted by atomic mass is 9.93. The molecule has 1 unspecified atom stereocenters. The van der Waals surface area contributed by atoms with Crippen LogP contribution in [0.5, 0.6) is 0 Å². The monoisotopic (exact) mass is 264 g/mol. The molecule has 0 heterocycles. The molecule has 3 nitrogen and oxygen atoms in total. The van der Waals surface area contributed by atoms with Crippen LogP contribution in [0, 0.1) is 12.8 Å². The van der Waals surface area contributed by atoms with Crippen LogP contribution < -0.4 is 0 Å². The van der Waals surface area contributed by atoms with Crippen molar-refractivity contribution in [1.82, 2.24) is 0 Å². The van der Waals surface area contributed by atoms with Gasteiger partial charge in [-0.1, -0.05) is 38.1 Å². The van der Waals surface area contributed by atoms with Gasteiger partial charge in [-0.25, -0.2) is 0 Å². The summed E-state index contributed by atoms with van der Waals surface area (Å²) in [4.78, 5) is 23.1. The minimum Gasteiger partial charge on any atom is -0.465 e. The highest BCUT2D eigenvalue weighted by Crippen LogP contribution is 2.15. The molecule has 106 valence electrons. The van der Waals surface area contributed by atoms with Gasteiger partial charge in [0.2, 0.25) is 0 Å². The number of ether oxygens (including phenoxy) is 1. The van der Waals surface area contributed by atoms with Crippen molar-refractivity contribution in [1.29, 1.82) is 0 Å². The molecule has 0 saturated heterocycles. The summed E-state index contributed by atoms with van der Waals surface area (Å²) in [6, 6.07) is 7.75. The lowest BCUT2D eigenvalue weighted by molar-refractivity contribution is -0.151. The average molecular weight is 264 g/mol. The number of ketones is 1. The molecule has 0 amide bonds. The average Bonchev–Trinajstić information content (AvgIpc) is 2.40. The molecule has 1 aromatic rings. The van der Waals surface area contributed by atoms with E-state index in [-0.39, 0.29) is 5.78 Å². The summed E-state index contributed by atoms with van der Waals surface area (Å²) in [5, 5.41) is 0. The number of rotatable bonds is 5. The van der Waals surface area contributed by atoms with E-state index < -0.39 is 11.9 Å². The van der Waals surface area contributed by atoms with Crippen LogP contribution in [0.3, 0.4) is 0 Å². The first-order valence-corrected chi connectivity index (χ1v) is 6.77. The zero-order valence-corrected chi connectivity index (χ0v) is 12.5. The van der Waals surface area contributed by atoms with Gasteiger partial charge in [-0.05, 0) is 38.3 Å². The largest absolute Gasteiger partial charge is 0.465 e. The highest BCUT2D eigenvalue weighted by Gasteiger charge is 2.25. The normalized spacial score (nSPS) is 11.0. The third kappa shape index (κ3) is 5.69. The Morgan fingerprint density at radius 2 is 1.79 bits per heavy atom. The molecule has 0 aliphatic carbocycles. The Labute approximate surface area is 116 Å². The second-order valence-electron chi connectivity index (χ2n) is 4.05. The number of benzene rings is 1. The van der Waals surface area contributed by atoms with Gasteiger partial charge >= 0.3 is 5.97 Å². The first-order valence-electron chi connectivity index (χ1n) is 6.77. The summed E-state index contributed by atoms with van der Waals surface area (Å²) in [5.74, 6) is -1.26. The van der Waals surface area contributed by atoms with Gasteiger partial charge in [0, 0.05) is 0 Å². The van der Waals surface area contributed by atoms with Gasteiger partial charge in [0.25, 0.3) is 0 Å². The fourth-order valence-electron chi connectivity index (χ4n) is 1.69. The Kier molecular flexibility index (Phi) is 8.51. The molecule has 0 saturated carbocycles. The Balaban J connectivity index is 0.00000154. The van der Waals surface area contributed by atoms with E-state index >= 15 is 0 Å². The van der Waals surface area contributed by atoms with Gasteiger partial charge in [0.05, 0.1) is 6.61 Å². The Hall–Kier alpha value is -1.64. The molecular weight excluding hydrogens is 240 g/mol. The highest BCUT2D eigenvalue weighted by molar-refractivity contribution is 5.98. The van der Waals surface area contributed by atoms with Crippen LogP contribution in [-0.2, 0) is 20.7 Å². The van der Waals surface area contributed by atoms with E-state index in [4.69, 9.17) is 4.74 Å². The minimum atomic E-state index is -0.684. The fourth-order valence-corrected chi connectivity index (χ4v) is 1.69. The Morgan fingerprint density at radius 1 is 1.21 bits per heavy atom. The molecular formula is C16H24O3. The molecule has 0 fully saturated rings. The molecule has 0 bridgehead atoms. The first-order chi connectivity index (χ1) is 9.06. The van der Waals surface area contributed by atoms with E-state index in [2.05, 4.69) is 0 Å². The van der Waals surface area contributed by atoms with Gasteiger partial charge in [-0.2, -0.15) is 0 Å². The molecule has 0 N–H and O–H groups in total. The second kappa shape index (κ2) is 9.31. The zero-order valence-electron chi connectivity index (χ0n) is 12.5. The molecule has 0 aliphatic rings. The predicted molar refractivity (Wildman–Crippen MR) is 77.0 cm³/mol. The van der Waals surface area contributed by atoms with E-state index in [0.29, 0.717) is 13.0 Å². The molecule has 0 aromatic heterocycles. The molecule has 1 aromatic carbocycles. The van der Waals surface area contributed by atoms with Crippen molar-refractivity contribution >= 4 is 11.8 Å². The number of esters is 1. The Bertz CT molecular complexity index is 410. The molecule has 19 heavy (non-hydrogen) atoms. The highest BCUT2D eigenvalue weighted by atomic mass is 16.5. The van der Waals surface area contributed by atoms with Crippen molar-refractivity contribution in [3.8, 4) is 0 Å². The standard InChI is InChI=1S/C14H18O3.C2H6/c1-4-17-14(16)13(11(3)15)9-12-8-6-5-7-10(12)2;1-2/h5-8,13H,4,9H2,1-3H3;1-2H3. The van der Waals surface area contributed by atoms with Crippen molar-refractivity contribution in [2.75, 3.05) is 6.61 Å². The molecule has 0 radical (unpaired) electrons. The van der Waals surface area contributed by atoms with Gasteiger partial charge in [0.1, 0.15) is 11.7 Å². The topological polar surface area (TPSA) is 43.4 Å². The SMILES string of the molecule is CC.CCOC(=O)C(Cc1ccccc1C)C(C)=O. The number of hydrogen-bond acceptors (Lipinski definition) is 3. The predicted octanol–water partition coefficient (Wildman–Crippen LogP) is 3.33. The first kappa shape index (κ1) is 17.4. The van der Waals surface area contributed by atoms with E-state index in [9.17, 15) is 9.59 Å². The summed E-state index contributed by atoms with van der Waals surface area (Å²) in [6.07, 6.45) is 0.418. The van der Waals surface area contributed by atoms with Crippen LogP contribution in [0.15, 0.2) is 24.3 Å². The van der Waals surface area contributed by atoms with E-state index in [1.165, 1.54) is 6.92 Å². The third-order valence-electron chi connectivity index (χ3n) is 2.75. The van der Waals surface area contributed by atoms with Crippen LogP contribution in [0.2, 0.25) is 0 Å². The number of aryl methyl sites for hydroxylation is 1. The molecule has 0 aliphatic heterocycles. The van der Waals surface area contributed by atoms with Crippen LogP contribution in [0.25, 0.3) is 0 Å². The van der Waals surface area contributed by atoms with Crippen molar-refractivity contribution in [3.63, 3.8) is 0 Å². The van der Waals surface area contributed by atoms with Crippen LogP contribution >= 0.6 is 0 Å². The van der Waals surface area contributed by atoms with Gasteiger partial charge in [-0.3, -0.25) is 9.59 Å². The number of carbonyl (C=O) groups is 2. The van der Waals surface area contributed by atoms with E-state index in [1.807, 2.05) is 45.0 Å². The summed E-state index contributed by atoms with van der Waals surface area (Å²) in [6.45, 7) is 9.44. The molecule has 1 atom stereocenters. The zero-order chi connectivity index (χ0) is 14.8. The summed E-state index contributed by atoms with van der Waals surface area (Å²) in [7, 11) is 0. The summed E-state index contributed by atoms with van der Waals surface area (Å²) in [5.41, 5.74) is 2.10. The number of Topliss-reactive ketones (excluding diaryl/α,β-unsaturated/α-hetero) is 1. The number of carbonyl (C=O) groups excluding carboxylic acids is 2. The maximum atomic E-state index is 11.7. The minimum absolute atomic E-state index is 0.147. The molecule has 0 spiro atoms. The summed E-state index contributed by atoms with van der Waals surface area (Å²) < 4.78 is 4.92. The third-order valence-corrected chi connectivity index (χ3v) is 2.75. The second-order valence-corrected chi connectivity index (χ2v) is 4.05. The quantitative estimate of drug-likeness (QED) is 0.605. The van der Waals surface area contributed by atoms with Gasteiger partial charge < -0.3 is 4.74 Å². The summed E-state index contributed by atoms with van der Waals surface area (Å²) >= 11 is 0. The van der Waals surface area contributed by atoms with E-state index in [0.717, 1.165) is 11.1 Å². The van der Waals surface area contributed by atoms with Gasteiger partial charge in [0.15, 0.2) is 0 Å². The maximum absolute atomic E-state index is 11.7. The maximum Gasteiger partial charge on any atom is 0.316 e. The van der Waals surface area contributed by atoms with Crippen LogP contribution in [0.1, 0.15) is 38.8 Å². The van der Waals surface area contributed by atoms with Crippen molar-refractivity contribution < 1.29 is 14.3 Å². The van der Waals surface area contributed by atoms with Crippen molar-refractivity contribution in [3.05, 3.63) is 35.4 Å². The fraction of sp³-hybridized carbons (Fsp3) is 0.500. The smallest absolute Gasteiger partial charge is 0.316 e. The van der Waals surface area contributed by atoms with Crippen molar-refractivity contribution in [2.24, 2.45) is 5.92 Å². The molecule has 3 heteroatoms. The van der Waals surface area contributed by atoms with Crippen LogP contribution in [-0.4, -0.2) is 18.4 Å². The van der Waals surface area contributed by atoms with E-state index in [1.54, 1.807) is 6.92 Å². The Morgan fingerprint density at radius 3 is 2.26 bits per heavy atom. The van der Waals surface area contributed by atoms with Crippen molar-refractivity contribution in [2.45, 2.75) is 41.0 Å². The van der Waals surface area contributed by atoms with Crippen LogP contribution in [0.4, 0.5) is 0 Å². The molecule has 1 rings (SSSR count). The lowest BCUT2D eigenvalue weighted by Crippen LogP contribution is -2.26. The number of hydrogen-bond donors (Lipinski definition) is 0. The van der Waals surface area contributed by atoms with Gasteiger partial charge in [-0.15, -0.1) is 0 Å².